The van der Waals surface area contributed by atoms with Crippen molar-refractivity contribution in [3.8, 4) is 5.69 Å². The number of thioether (sulfide) groups is 1. The quantitative estimate of drug-likeness (QED) is 0.393. The van der Waals surface area contributed by atoms with E-state index in [0.29, 0.717) is 17.3 Å². The van der Waals surface area contributed by atoms with E-state index in [0.717, 1.165) is 21.8 Å². The number of aryl methyl sites for hydroxylation is 2. The van der Waals surface area contributed by atoms with Crippen LogP contribution in [0.15, 0.2) is 68.8 Å². The number of furan rings is 1. The highest BCUT2D eigenvalue weighted by molar-refractivity contribution is 7.99. The number of carbonyl (C=O) groups excluding carboxylic acids is 1. The van der Waals surface area contributed by atoms with Gasteiger partial charge in [0.1, 0.15) is 11.5 Å². The molecule has 0 radical (unpaired) electrons. The molecule has 5 rings (SSSR count). The first-order valence-electron chi connectivity index (χ1n) is 10.1. The van der Waals surface area contributed by atoms with Gasteiger partial charge in [-0.3, -0.25) is 4.79 Å². The number of aromatic nitrogens is 4. The summed E-state index contributed by atoms with van der Waals surface area (Å²) in [7, 11) is 0. The van der Waals surface area contributed by atoms with E-state index in [1.807, 2.05) is 54.8 Å². The minimum atomic E-state index is -0.140. The van der Waals surface area contributed by atoms with Crippen LogP contribution in [0, 0.1) is 13.8 Å². The summed E-state index contributed by atoms with van der Waals surface area (Å²) in [6.45, 7) is 4.11. The van der Waals surface area contributed by atoms with Crippen LogP contribution in [0.3, 0.4) is 0 Å². The molecule has 4 heterocycles. The lowest BCUT2D eigenvalue weighted by Gasteiger charge is -2.20. The summed E-state index contributed by atoms with van der Waals surface area (Å²) >= 11 is 2.92. The van der Waals surface area contributed by atoms with Crippen LogP contribution in [-0.2, 0) is 4.79 Å². The van der Waals surface area contributed by atoms with E-state index in [1.165, 1.54) is 17.3 Å². The van der Waals surface area contributed by atoms with Gasteiger partial charge in [0, 0.05) is 11.3 Å². The number of carbonyl (C=O) groups is 1. The second-order valence-electron chi connectivity index (χ2n) is 7.43. The zero-order valence-electron chi connectivity index (χ0n) is 17.5. The molecule has 162 valence electrons. The predicted octanol–water partition coefficient (Wildman–Crippen LogP) is 4.40. The highest BCUT2D eigenvalue weighted by atomic mass is 32.2. The molecule has 0 saturated heterocycles. The Labute approximate surface area is 192 Å². The van der Waals surface area contributed by atoms with E-state index in [4.69, 9.17) is 4.42 Å². The second-order valence-corrected chi connectivity index (χ2v) is 9.35. The van der Waals surface area contributed by atoms with E-state index in [2.05, 4.69) is 27.6 Å². The van der Waals surface area contributed by atoms with Gasteiger partial charge in [-0.2, -0.15) is 9.78 Å². The molecule has 1 atom stereocenters. The Balaban J connectivity index is 1.35. The molecule has 0 saturated carbocycles. The number of thiophene rings is 1. The van der Waals surface area contributed by atoms with Crippen molar-refractivity contribution in [2.45, 2.75) is 31.5 Å². The number of rotatable bonds is 6. The topological polar surface area (TPSA) is 89.4 Å². The van der Waals surface area contributed by atoms with Gasteiger partial charge in [-0.15, -0.1) is 16.4 Å². The summed E-state index contributed by atoms with van der Waals surface area (Å²) in [6.07, 6.45) is 2.23. The Morgan fingerprint density at radius 2 is 2.12 bits per heavy atom. The zero-order chi connectivity index (χ0) is 22.1. The summed E-state index contributed by atoms with van der Waals surface area (Å²) in [4.78, 5) is 14.3. The molecular formula is C22H20N6O2S2. The first-order valence-corrected chi connectivity index (χ1v) is 11.9. The summed E-state index contributed by atoms with van der Waals surface area (Å²) in [5, 5.41) is 20.8. The van der Waals surface area contributed by atoms with Crippen LogP contribution in [-0.4, -0.2) is 42.6 Å². The van der Waals surface area contributed by atoms with Crippen LogP contribution >= 0.6 is 23.1 Å². The highest BCUT2D eigenvalue weighted by Crippen LogP contribution is 2.36. The van der Waals surface area contributed by atoms with Crippen molar-refractivity contribution >= 4 is 34.7 Å². The number of benzene rings is 1. The third-order valence-electron chi connectivity index (χ3n) is 5.34. The van der Waals surface area contributed by atoms with Crippen LogP contribution in [0.5, 0.6) is 0 Å². The van der Waals surface area contributed by atoms with Gasteiger partial charge in [0.05, 0.1) is 23.7 Å². The maximum Gasteiger partial charge on any atom is 0.253 e. The zero-order valence-corrected chi connectivity index (χ0v) is 19.1. The van der Waals surface area contributed by atoms with Crippen LogP contribution < -0.4 is 0 Å². The average molecular weight is 465 g/mol. The Kier molecular flexibility index (Phi) is 5.62. The van der Waals surface area contributed by atoms with Gasteiger partial charge >= 0.3 is 0 Å². The monoisotopic (exact) mass is 464 g/mol. The number of tetrazole rings is 1. The number of hydrogen-bond acceptors (Lipinski definition) is 8. The lowest BCUT2D eigenvalue weighted by molar-refractivity contribution is -0.130. The molecule has 1 aliphatic heterocycles. The summed E-state index contributed by atoms with van der Waals surface area (Å²) in [5.74, 6) is 0.750. The second kappa shape index (κ2) is 8.71. The van der Waals surface area contributed by atoms with Crippen LogP contribution in [0.25, 0.3) is 5.69 Å². The fourth-order valence-electron chi connectivity index (χ4n) is 3.52. The molecule has 0 aliphatic carbocycles. The SMILES string of the molecule is Cc1ccc(-n2nnnc2SCC(=O)N2N=C(c3ccco3)CC2c2cccs2)cc1C. The third-order valence-corrected chi connectivity index (χ3v) is 7.22. The maximum absolute atomic E-state index is 13.2. The molecule has 10 heteroatoms. The Bertz CT molecular complexity index is 1260. The fourth-order valence-corrected chi connectivity index (χ4v) is 5.07. The molecule has 0 N–H and O–H groups in total. The largest absolute Gasteiger partial charge is 0.463 e. The summed E-state index contributed by atoms with van der Waals surface area (Å²) < 4.78 is 7.17. The fraction of sp³-hybridized carbons (Fsp3) is 0.227. The van der Waals surface area contributed by atoms with Crippen molar-refractivity contribution in [2.75, 3.05) is 5.75 Å². The molecule has 1 aliphatic rings. The minimum absolute atomic E-state index is 0.107. The van der Waals surface area contributed by atoms with Gasteiger partial charge < -0.3 is 4.42 Å². The van der Waals surface area contributed by atoms with Crippen molar-refractivity contribution in [3.63, 3.8) is 0 Å². The maximum atomic E-state index is 13.2. The first-order chi connectivity index (χ1) is 15.6. The van der Waals surface area contributed by atoms with E-state index in [-0.39, 0.29) is 17.7 Å². The smallest absolute Gasteiger partial charge is 0.253 e. The number of amides is 1. The van der Waals surface area contributed by atoms with E-state index >= 15 is 0 Å². The third kappa shape index (κ3) is 3.98. The molecule has 0 fully saturated rings. The van der Waals surface area contributed by atoms with Gasteiger partial charge in [0.2, 0.25) is 5.16 Å². The van der Waals surface area contributed by atoms with Crippen LogP contribution in [0.1, 0.15) is 34.2 Å². The Morgan fingerprint density at radius 3 is 2.88 bits per heavy atom. The van der Waals surface area contributed by atoms with Crippen LogP contribution in [0.4, 0.5) is 0 Å². The highest BCUT2D eigenvalue weighted by Gasteiger charge is 2.34. The van der Waals surface area contributed by atoms with Gasteiger partial charge in [-0.1, -0.05) is 23.9 Å². The van der Waals surface area contributed by atoms with Gasteiger partial charge in [0.15, 0.2) is 0 Å². The Morgan fingerprint density at radius 1 is 1.22 bits per heavy atom. The first kappa shape index (κ1) is 20.7. The standard InChI is InChI=1S/C22H20N6O2S2/c1-14-7-8-16(11-15(14)2)27-22(23-25-26-27)32-13-21(29)28-18(20-6-4-10-31-20)12-17(24-28)19-5-3-9-30-19/h3-11,18H,12-13H2,1-2H3. The molecule has 1 amide bonds. The summed E-state index contributed by atoms with van der Waals surface area (Å²) in [5.41, 5.74) is 3.99. The molecule has 32 heavy (non-hydrogen) atoms. The molecule has 4 aromatic rings. The van der Waals surface area contributed by atoms with Crippen molar-refractivity contribution in [1.82, 2.24) is 25.2 Å². The van der Waals surface area contributed by atoms with E-state index < -0.39 is 0 Å². The molecule has 3 aromatic heterocycles. The molecule has 0 spiro atoms. The normalized spacial score (nSPS) is 15.9. The van der Waals surface area contributed by atoms with Crippen molar-refractivity contribution in [2.24, 2.45) is 5.10 Å². The molecular weight excluding hydrogens is 444 g/mol. The minimum Gasteiger partial charge on any atom is -0.463 e. The molecule has 8 nitrogen and oxygen atoms in total. The Hall–Kier alpha value is -3.24. The van der Waals surface area contributed by atoms with E-state index in [9.17, 15) is 4.79 Å². The number of nitrogens with zero attached hydrogens (tertiary/aromatic N) is 6. The lowest BCUT2D eigenvalue weighted by Crippen LogP contribution is -2.28. The number of hydrogen-bond donors (Lipinski definition) is 0. The average Bonchev–Trinajstić information content (AvgIpc) is 3.60. The van der Waals surface area contributed by atoms with Crippen molar-refractivity contribution < 1.29 is 9.21 Å². The molecule has 0 bridgehead atoms. The molecule has 1 aromatic carbocycles. The van der Waals surface area contributed by atoms with Crippen LogP contribution in [0.2, 0.25) is 0 Å². The van der Waals surface area contributed by atoms with Gasteiger partial charge in [0.25, 0.3) is 5.91 Å². The van der Waals surface area contributed by atoms with Crippen molar-refractivity contribution in [3.05, 3.63) is 75.9 Å². The number of hydrazone groups is 1. The summed E-state index contributed by atoms with van der Waals surface area (Å²) in [6, 6.07) is 13.6. The van der Waals surface area contributed by atoms with E-state index in [1.54, 1.807) is 27.3 Å². The lowest BCUT2D eigenvalue weighted by atomic mass is 10.1. The van der Waals surface area contributed by atoms with Gasteiger partial charge in [-0.05, 0) is 71.1 Å². The van der Waals surface area contributed by atoms with Gasteiger partial charge in [-0.25, -0.2) is 5.01 Å². The molecule has 1 unspecified atom stereocenters. The van der Waals surface area contributed by atoms with Crippen molar-refractivity contribution in [1.29, 1.82) is 0 Å². The predicted molar refractivity (Wildman–Crippen MR) is 123 cm³/mol.